The van der Waals surface area contributed by atoms with E-state index in [0.717, 1.165) is 3.57 Å². The van der Waals surface area contributed by atoms with E-state index in [0.29, 0.717) is 12.1 Å². The molecule has 0 spiro atoms. The molecule has 1 aromatic rings. The fourth-order valence-corrected chi connectivity index (χ4v) is 1.87. The maximum atomic E-state index is 11.8. The lowest BCUT2D eigenvalue weighted by atomic mass is 9.99. The fraction of sp³-hybridized carbons (Fsp3) is 0.455. The summed E-state index contributed by atoms with van der Waals surface area (Å²) in [6, 6.07) is 0.819. The summed E-state index contributed by atoms with van der Waals surface area (Å²) in [5, 5.41) is 11.6. The zero-order chi connectivity index (χ0) is 13.0. The summed E-state index contributed by atoms with van der Waals surface area (Å²) in [6.07, 6.45) is 2.38. The first-order valence-electron chi connectivity index (χ1n) is 5.33. The van der Waals surface area contributed by atoms with Crippen LogP contribution in [0.5, 0.6) is 0 Å². The number of hydrogen-bond acceptors (Lipinski definition) is 2. The van der Waals surface area contributed by atoms with Crippen molar-refractivity contribution in [1.82, 2.24) is 10.3 Å². The molecule has 1 amide bonds. The highest BCUT2D eigenvalue weighted by atomic mass is 127. The van der Waals surface area contributed by atoms with Crippen LogP contribution in [0.15, 0.2) is 12.3 Å². The van der Waals surface area contributed by atoms with Crippen molar-refractivity contribution in [1.29, 1.82) is 0 Å². The van der Waals surface area contributed by atoms with Crippen LogP contribution in [0.1, 0.15) is 30.8 Å². The van der Waals surface area contributed by atoms with Crippen LogP contribution in [0.3, 0.4) is 0 Å². The predicted octanol–water partition coefficient (Wildman–Crippen LogP) is 1.85. The van der Waals surface area contributed by atoms with E-state index in [1.165, 1.54) is 0 Å². The highest BCUT2D eigenvalue weighted by Gasteiger charge is 2.26. The predicted molar refractivity (Wildman–Crippen MR) is 71.9 cm³/mol. The van der Waals surface area contributed by atoms with Crippen molar-refractivity contribution >= 4 is 34.5 Å². The second-order valence-electron chi connectivity index (χ2n) is 3.91. The lowest BCUT2D eigenvalue weighted by Gasteiger charge is -2.19. The van der Waals surface area contributed by atoms with Gasteiger partial charge in [0.15, 0.2) is 0 Å². The summed E-state index contributed by atoms with van der Waals surface area (Å²) in [5.41, 5.74) is 0.379. The normalized spacial score (nSPS) is 14.1. The third-order valence-corrected chi connectivity index (χ3v) is 3.28. The number of carboxylic acids is 1. The van der Waals surface area contributed by atoms with Crippen molar-refractivity contribution in [2.24, 2.45) is 5.92 Å². The van der Waals surface area contributed by atoms with E-state index < -0.39 is 12.0 Å². The Bertz CT molecular complexity index is 417. The van der Waals surface area contributed by atoms with Crippen LogP contribution in [0, 0.1) is 9.49 Å². The van der Waals surface area contributed by atoms with Gasteiger partial charge in [0, 0.05) is 9.77 Å². The minimum absolute atomic E-state index is 0.106. The molecule has 0 saturated carbocycles. The van der Waals surface area contributed by atoms with E-state index in [4.69, 9.17) is 5.11 Å². The third-order valence-electron chi connectivity index (χ3n) is 2.66. The zero-order valence-electron chi connectivity index (χ0n) is 9.66. The van der Waals surface area contributed by atoms with Gasteiger partial charge in [0.2, 0.25) is 0 Å². The number of carbonyl (C=O) groups excluding carboxylic acids is 1. The minimum Gasteiger partial charge on any atom is -0.480 e. The summed E-state index contributed by atoms with van der Waals surface area (Å²) in [4.78, 5) is 25.6. The van der Waals surface area contributed by atoms with E-state index >= 15 is 0 Å². The molecule has 0 unspecified atom stereocenters. The number of aliphatic carboxylic acids is 1. The number of H-pyrrole nitrogens is 1. The van der Waals surface area contributed by atoms with Gasteiger partial charge >= 0.3 is 5.97 Å². The number of nitrogens with one attached hydrogen (secondary N) is 2. The van der Waals surface area contributed by atoms with E-state index in [-0.39, 0.29) is 11.8 Å². The van der Waals surface area contributed by atoms with E-state index in [2.05, 4.69) is 32.9 Å². The smallest absolute Gasteiger partial charge is 0.326 e. The Morgan fingerprint density at radius 3 is 2.65 bits per heavy atom. The minimum atomic E-state index is -1.01. The number of carbonyl (C=O) groups is 2. The maximum absolute atomic E-state index is 11.8. The number of amides is 1. The SMILES string of the molecule is CC[C@H](C)[C@H](NC(=O)c1cc(I)c[nH]1)C(=O)O. The summed E-state index contributed by atoms with van der Waals surface area (Å²) >= 11 is 2.07. The average Bonchev–Trinajstić information content (AvgIpc) is 2.71. The van der Waals surface area contributed by atoms with Gasteiger partial charge < -0.3 is 15.4 Å². The number of rotatable bonds is 5. The zero-order valence-corrected chi connectivity index (χ0v) is 11.8. The molecule has 6 heteroatoms. The van der Waals surface area contributed by atoms with Crippen LogP contribution >= 0.6 is 22.6 Å². The molecule has 0 fully saturated rings. The standard InChI is InChI=1S/C11H15IN2O3/c1-3-6(2)9(11(16)17)14-10(15)8-4-7(12)5-13-8/h4-6,9,13H,3H2,1-2H3,(H,14,15)(H,16,17)/t6-,9-/m0/s1. The largest absolute Gasteiger partial charge is 0.480 e. The molecule has 17 heavy (non-hydrogen) atoms. The van der Waals surface area contributed by atoms with Gasteiger partial charge in [-0.05, 0) is 34.6 Å². The van der Waals surface area contributed by atoms with E-state index in [1.807, 2.05) is 6.92 Å². The molecule has 0 radical (unpaired) electrons. The average molecular weight is 350 g/mol. The van der Waals surface area contributed by atoms with Gasteiger partial charge in [0.1, 0.15) is 11.7 Å². The van der Waals surface area contributed by atoms with Crippen LogP contribution in [0.4, 0.5) is 0 Å². The highest BCUT2D eigenvalue weighted by molar-refractivity contribution is 14.1. The van der Waals surface area contributed by atoms with Crippen LogP contribution in [-0.4, -0.2) is 28.0 Å². The van der Waals surface area contributed by atoms with Gasteiger partial charge in [0.05, 0.1) is 0 Å². The Morgan fingerprint density at radius 1 is 1.59 bits per heavy atom. The molecule has 2 atom stereocenters. The molecule has 5 nitrogen and oxygen atoms in total. The maximum Gasteiger partial charge on any atom is 0.326 e. The Morgan fingerprint density at radius 2 is 2.24 bits per heavy atom. The van der Waals surface area contributed by atoms with E-state index in [9.17, 15) is 9.59 Å². The summed E-state index contributed by atoms with van der Waals surface area (Å²) in [5.74, 6) is -1.50. The van der Waals surface area contributed by atoms with Gasteiger partial charge in [-0.3, -0.25) is 4.79 Å². The Labute approximate surface area is 113 Å². The van der Waals surface area contributed by atoms with Crippen LogP contribution in [0.2, 0.25) is 0 Å². The van der Waals surface area contributed by atoms with Crippen molar-refractivity contribution in [3.8, 4) is 0 Å². The Kier molecular flexibility index (Phi) is 4.98. The third kappa shape index (κ3) is 3.72. The van der Waals surface area contributed by atoms with E-state index in [1.54, 1.807) is 19.2 Å². The van der Waals surface area contributed by atoms with Crippen LogP contribution < -0.4 is 5.32 Å². The van der Waals surface area contributed by atoms with Crippen LogP contribution in [0.25, 0.3) is 0 Å². The summed E-state index contributed by atoms with van der Waals surface area (Å²) in [7, 11) is 0. The number of hydrogen-bond donors (Lipinski definition) is 3. The molecule has 0 bridgehead atoms. The molecule has 0 aliphatic heterocycles. The van der Waals surface area contributed by atoms with Gasteiger partial charge in [-0.15, -0.1) is 0 Å². The molecular formula is C11H15IN2O3. The molecule has 1 aromatic heterocycles. The second kappa shape index (κ2) is 6.04. The number of carboxylic acid groups (broad SMARTS) is 1. The molecular weight excluding hydrogens is 335 g/mol. The number of aromatic nitrogens is 1. The molecule has 0 aliphatic rings. The first kappa shape index (κ1) is 14.0. The first-order valence-corrected chi connectivity index (χ1v) is 6.41. The first-order chi connectivity index (χ1) is 7.95. The Balaban J connectivity index is 2.74. The molecule has 0 aromatic carbocycles. The van der Waals surface area contributed by atoms with Crippen molar-refractivity contribution < 1.29 is 14.7 Å². The summed E-state index contributed by atoms with van der Waals surface area (Å²) in [6.45, 7) is 3.70. The number of halogens is 1. The quantitative estimate of drug-likeness (QED) is 0.709. The molecule has 3 N–H and O–H groups in total. The van der Waals surface area contributed by atoms with Gasteiger partial charge in [-0.1, -0.05) is 20.3 Å². The van der Waals surface area contributed by atoms with Crippen LogP contribution in [-0.2, 0) is 4.79 Å². The Hall–Kier alpha value is -1.05. The second-order valence-corrected chi connectivity index (χ2v) is 5.15. The number of aromatic amines is 1. The molecule has 0 aliphatic carbocycles. The fourth-order valence-electron chi connectivity index (χ4n) is 1.40. The lowest BCUT2D eigenvalue weighted by Crippen LogP contribution is -2.45. The molecule has 1 heterocycles. The van der Waals surface area contributed by atoms with Crippen molar-refractivity contribution in [2.75, 3.05) is 0 Å². The molecule has 1 rings (SSSR count). The topological polar surface area (TPSA) is 82.2 Å². The van der Waals surface area contributed by atoms with Gasteiger partial charge in [0.25, 0.3) is 5.91 Å². The van der Waals surface area contributed by atoms with Crippen molar-refractivity contribution in [3.63, 3.8) is 0 Å². The highest BCUT2D eigenvalue weighted by Crippen LogP contribution is 2.10. The molecule has 0 saturated heterocycles. The van der Waals surface area contributed by atoms with Crippen molar-refractivity contribution in [3.05, 3.63) is 21.5 Å². The monoisotopic (exact) mass is 350 g/mol. The lowest BCUT2D eigenvalue weighted by molar-refractivity contribution is -0.140. The van der Waals surface area contributed by atoms with Gasteiger partial charge in [-0.25, -0.2) is 4.79 Å². The van der Waals surface area contributed by atoms with Crippen molar-refractivity contribution in [2.45, 2.75) is 26.3 Å². The summed E-state index contributed by atoms with van der Waals surface area (Å²) < 4.78 is 0.906. The molecule has 94 valence electrons. The van der Waals surface area contributed by atoms with Gasteiger partial charge in [-0.2, -0.15) is 0 Å².